The summed E-state index contributed by atoms with van der Waals surface area (Å²) in [6.45, 7) is 0. The maximum Gasteiger partial charge on any atom is 0.574 e. The van der Waals surface area contributed by atoms with Crippen molar-refractivity contribution in [3.05, 3.63) is 17.3 Å². The minimum absolute atomic E-state index is 0.128. The number of methoxy groups -OCH3 is 1. The quantitative estimate of drug-likeness (QED) is 0.671. The largest absolute Gasteiger partial charge is 0.574 e. The van der Waals surface area contributed by atoms with E-state index in [0.29, 0.717) is 0 Å². The Morgan fingerprint density at radius 3 is 2.20 bits per heavy atom. The summed E-state index contributed by atoms with van der Waals surface area (Å²) in [7, 11) is 0.750. The van der Waals surface area contributed by atoms with Gasteiger partial charge in [0, 0.05) is 6.07 Å². The van der Waals surface area contributed by atoms with Crippen molar-refractivity contribution in [1.29, 1.82) is 0 Å². The molecule has 1 rings (SSSR count). The zero-order chi connectivity index (χ0) is 15.7. The number of hydrogen-bond donors (Lipinski definition) is 1. The third-order valence-electron chi connectivity index (χ3n) is 1.85. The van der Waals surface area contributed by atoms with Crippen LogP contribution in [0.2, 0.25) is 0 Å². The van der Waals surface area contributed by atoms with Gasteiger partial charge < -0.3 is 14.6 Å². The molecule has 0 fully saturated rings. The second-order valence-electron chi connectivity index (χ2n) is 3.25. The number of carbonyl (C=O) groups is 1. The van der Waals surface area contributed by atoms with Crippen LogP contribution in [0.5, 0.6) is 11.6 Å². The number of halogens is 6. The zero-order valence-electron chi connectivity index (χ0n) is 9.46. The van der Waals surface area contributed by atoms with Gasteiger partial charge in [0.15, 0.2) is 11.4 Å². The Hall–Kier alpha value is -2.20. The predicted octanol–water partition coefficient (Wildman–Crippen LogP) is 2.49. The van der Waals surface area contributed by atoms with Crippen molar-refractivity contribution in [2.75, 3.05) is 7.11 Å². The molecule has 0 radical (unpaired) electrons. The molecular formula is C9H5F6NO4. The van der Waals surface area contributed by atoms with Gasteiger partial charge in [0.25, 0.3) is 5.88 Å². The number of ether oxygens (including phenoxy) is 2. The Labute approximate surface area is 106 Å². The summed E-state index contributed by atoms with van der Waals surface area (Å²) < 4.78 is 80.7. The van der Waals surface area contributed by atoms with Crippen molar-refractivity contribution in [1.82, 2.24) is 4.98 Å². The minimum atomic E-state index is -5.36. The molecule has 0 amide bonds. The summed E-state index contributed by atoms with van der Waals surface area (Å²) in [5.74, 6) is -4.65. The van der Waals surface area contributed by atoms with Gasteiger partial charge in [-0.25, -0.2) is 9.78 Å². The molecule has 112 valence electrons. The fourth-order valence-corrected chi connectivity index (χ4v) is 1.15. The summed E-state index contributed by atoms with van der Waals surface area (Å²) in [6, 6.07) is 0.128. The molecule has 0 saturated heterocycles. The summed E-state index contributed by atoms with van der Waals surface area (Å²) >= 11 is 0. The van der Waals surface area contributed by atoms with Crippen LogP contribution in [0.1, 0.15) is 16.1 Å². The van der Waals surface area contributed by atoms with Crippen LogP contribution in [0.15, 0.2) is 6.07 Å². The normalized spacial score (nSPS) is 12.2. The molecule has 20 heavy (non-hydrogen) atoms. The molecule has 0 atom stereocenters. The lowest BCUT2D eigenvalue weighted by molar-refractivity contribution is -0.277. The lowest BCUT2D eigenvalue weighted by Crippen LogP contribution is -2.21. The number of esters is 1. The van der Waals surface area contributed by atoms with Crippen molar-refractivity contribution in [2.24, 2.45) is 0 Å². The third-order valence-corrected chi connectivity index (χ3v) is 1.85. The van der Waals surface area contributed by atoms with E-state index in [4.69, 9.17) is 5.11 Å². The molecule has 1 aromatic rings. The first kappa shape index (κ1) is 15.9. The Morgan fingerprint density at radius 2 is 1.80 bits per heavy atom. The number of carbonyl (C=O) groups excluding carboxylic acids is 1. The van der Waals surface area contributed by atoms with E-state index >= 15 is 0 Å². The van der Waals surface area contributed by atoms with Gasteiger partial charge in [0.2, 0.25) is 0 Å². The summed E-state index contributed by atoms with van der Waals surface area (Å²) in [5, 5.41) is 9.13. The Balaban J connectivity index is 3.44. The highest BCUT2D eigenvalue weighted by Crippen LogP contribution is 2.37. The van der Waals surface area contributed by atoms with Gasteiger partial charge in [-0.2, -0.15) is 13.2 Å². The first-order valence-electron chi connectivity index (χ1n) is 4.61. The maximum atomic E-state index is 12.6. The molecule has 0 saturated carbocycles. The van der Waals surface area contributed by atoms with Crippen LogP contribution in [0.25, 0.3) is 0 Å². The van der Waals surface area contributed by atoms with Gasteiger partial charge in [0.05, 0.1) is 12.7 Å². The van der Waals surface area contributed by atoms with Crippen LogP contribution in [0.4, 0.5) is 26.3 Å². The smallest absolute Gasteiger partial charge is 0.503 e. The van der Waals surface area contributed by atoms with Crippen molar-refractivity contribution < 1.29 is 45.7 Å². The highest BCUT2D eigenvalue weighted by Gasteiger charge is 2.41. The second-order valence-corrected chi connectivity index (χ2v) is 3.25. The van der Waals surface area contributed by atoms with Gasteiger partial charge in [-0.05, 0) is 0 Å². The van der Waals surface area contributed by atoms with E-state index in [1.165, 1.54) is 0 Å². The lowest BCUT2D eigenvalue weighted by atomic mass is 10.2. The second kappa shape index (κ2) is 5.06. The summed E-state index contributed by atoms with van der Waals surface area (Å²) in [5.41, 5.74) is -3.21. The van der Waals surface area contributed by atoms with Crippen LogP contribution in [0.3, 0.4) is 0 Å². The van der Waals surface area contributed by atoms with E-state index in [-0.39, 0.29) is 6.07 Å². The summed E-state index contributed by atoms with van der Waals surface area (Å²) in [4.78, 5) is 13.6. The molecule has 11 heteroatoms. The van der Waals surface area contributed by atoms with Crippen LogP contribution in [0, 0.1) is 0 Å². The zero-order valence-corrected chi connectivity index (χ0v) is 9.46. The highest BCUT2D eigenvalue weighted by molar-refractivity contribution is 5.91. The molecule has 1 aromatic heterocycles. The minimum Gasteiger partial charge on any atom is -0.503 e. The molecule has 0 unspecified atom stereocenters. The Morgan fingerprint density at radius 1 is 1.25 bits per heavy atom. The van der Waals surface area contributed by atoms with Crippen molar-refractivity contribution in [3.63, 3.8) is 0 Å². The molecule has 0 aromatic carbocycles. The van der Waals surface area contributed by atoms with Crippen LogP contribution in [-0.4, -0.2) is 29.5 Å². The topological polar surface area (TPSA) is 68.7 Å². The molecular weight excluding hydrogens is 300 g/mol. The predicted molar refractivity (Wildman–Crippen MR) is 48.9 cm³/mol. The number of rotatable bonds is 2. The standard InChI is InChI=1S/C9H5F6NO4/c1-19-7(18)3-2-4(17)6(20-9(13,14)15)16-5(3)8(10,11)12/h2,17H,1H3. The van der Waals surface area contributed by atoms with Crippen molar-refractivity contribution >= 4 is 5.97 Å². The van der Waals surface area contributed by atoms with Gasteiger partial charge >= 0.3 is 18.5 Å². The number of pyridine rings is 1. The van der Waals surface area contributed by atoms with Crippen LogP contribution < -0.4 is 4.74 Å². The van der Waals surface area contributed by atoms with E-state index in [2.05, 4.69) is 14.5 Å². The van der Waals surface area contributed by atoms with Crippen LogP contribution >= 0.6 is 0 Å². The third kappa shape index (κ3) is 3.65. The van der Waals surface area contributed by atoms with Crippen LogP contribution in [-0.2, 0) is 10.9 Å². The number of hydrogen-bond acceptors (Lipinski definition) is 5. The first-order valence-corrected chi connectivity index (χ1v) is 4.61. The van der Waals surface area contributed by atoms with Gasteiger partial charge in [-0.15, -0.1) is 13.2 Å². The molecule has 0 aliphatic heterocycles. The number of aromatic hydroxyl groups is 1. The fraction of sp³-hybridized carbons (Fsp3) is 0.333. The fourth-order valence-electron chi connectivity index (χ4n) is 1.15. The molecule has 0 aliphatic rings. The monoisotopic (exact) mass is 305 g/mol. The number of aromatic nitrogens is 1. The SMILES string of the molecule is COC(=O)c1cc(O)c(OC(F)(F)F)nc1C(F)(F)F. The maximum absolute atomic E-state index is 12.6. The first-order chi connectivity index (χ1) is 8.95. The highest BCUT2D eigenvalue weighted by atomic mass is 19.4. The molecule has 1 N–H and O–H groups in total. The molecule has 0 bridgehead atoms. The van der Waals surface area contributed by atoms with Crippen molar-refractivity contribution in [3.8, 4) is 11.6 Å². The van der Waals surface area contributed by atoms with Gasteiger partial charge in [-0.3, -0.25) is 0 Å². The lowest BCUT2D eigenvalue weighted by Gasteiger charge is -2.14. The average molecular weight is 305 g/mol. The Kier molecular flexibility index (Phi) is 4.01. The van der Waals surface area contributed by atoms with Gasteiger partial charge in [-0.1, -0.05) is 0 Å². The van der Waals surface area contributed by atoms with Gasteiger partial charge in [0.1, 0.15) is 0 Å². The van der Waals surface area contributed by atoms with E-state index in [0.717, 1.165) is 7.11 Å². The Bertz CT molecular complexity index is 524. The molecule has 0 aliphatic carbocycles. The number of nitrogens with zero attached hydrogens (tertiary/aromatic N) is 1. The average Bonchev–Trinajstić information content (AvgIpc) is 2.27. The van der Waals surface area contributed by atoms with E-state index in [1.807, 2.05) is 0 Å². The van der Waals surface area contributed by atoms with Crippen molar-refractivity contribution in [2.45, 2.75) is 12.5 Å². The van der Waals surface area contributed by atoms with E-state index in [9.17, 15) is 31.1 Å². The summed E-state index contributed by atoms with van der Waals surface area (Å²) in [6.07, 6.45) is -10.6. The molecule has 0 spiro atoms. The molecule has 1 heterocycles. The molecule has 5 nitrogen and oxygen atoms in total. The van der Waals surface area contributed by atoms with E-state index < -0.39 is 41.4 Å². The van der Waals surface area contributed by atoms with E-state index in [1.54, 1.807) is 0 Å². The number of alkyl halides is 6.